The van der Waals surface area contributed by atoms with E-state index in [4.69, 9.17) is 0 Å². The van der Waals surface area contributed by atoms with Crippen molar-refractivity contribution in [1.82, 2.24) is 15.3 Å². The summed E-state index contributed by atoms with van der Waals surface area (Å²) in [6.07, 6.45) is 0.955. The van der Waals surface area contributed by atoms with Gasteiger partial charge in [-0.05, 0) is 24.5 Å². The summed E-state index contributed by atoms with van der Waals surface area (Å²) in [7, 11) is 0. The Balaban J connectivity index is 2.01. The van der Waals surface area contributed by atoms with Crippen LogP contribution in [0.25, 0.3) is 0 Å². The lowest BCUT2D eigenvalue weighted by atomic mass is 9.98. The second kappa shape index (κ2) is 6.89. The number of benzene rings is 1. The number of hydrogen-bond donors (Lipinski definition) is 3. The normalized spacial score (nSPS) is 11.9. The van der Waals surface area contributed by atoms with Crippen LogP contribution in [0.15, 0.2) is 39.9 Å². The molecular weight excluding hydrogens is 282 g/mol. The number of amides is 1. The van der Waals surface area contributed by atoms with Crippen LogP contribution < -0.4 is 16.6 Å². The molecule has 6 heteroatoms. The molecule has 1 atom stereocenters. The van der Waals surface area contributed by atoms with Crippen LogP contribution >= 0.6 is 0 Å². The van der Waals surface area contributed by atoms with Crippen molar-refractivity contribution in [1.29, 1.82) is 0 Å². The van der Waals surface area contributed by atoms with Gasteiger partial charge in [0.05, 0.1) is 12.5 Å². The molecule has 22 heavy (non-hydrogen) atoms. The highest BCUT2D eigenvalue weighted by Crippen LogP contribution is 2.16. The molecule has 0 aliphatic carbocycles. The quantitative estimate of drug-likeness (QED) is 0.770. The molecule has 0 saturated carbocycles. The summed E-state index contributed by atoms with van der Waals surface area (Å²) in [5, 5.41) is 2.72. The zero-order valence-corrected chi connectivity index (χ0v) is 12.6. The monoisotopic (exact) mass is 301 g/mol. The van der Waals surface area contributed by atoms with E-state index in [9.17, 15) is 14.4 Å². The minimum atomic E-state index is -0.583. The lowest BCUT2D eigenvalue weighted by Gasteiger charge is -2.13. The summed E-state index contributed by atoms with van der Waals surface area (Å²) in [4.78, 5) is 39.0. The van der Waals surface area contributed by atoms with Gasteiger partial charge in [-0.25, -0.2) is 4.79 Å². The van der Waals surface area contributed by atoms with Gasteiger partial charge >= 0.3 is 5.69 Å². The molecule has 0 aliphatic rings. The van der Waals surface area contributed by atoms with Gasteiger partial charge in [0.2, 0.25) is 5.91 Å². The van der Waals surface area contributed by atoms with Crippen molar-refractivity contribution in [2.45, 2.75) is 32.7 Å². The molecule has 1 amide bonds. The predicted molar refractivity (Wildman–Crippen MR) is 83.8 cm³/mol. The highest BCUT2D eigenvalue weighted by atomic mass is 16.2. The SMILES string of the molecule is CCc1ccc(C(C)C(=O)NCc2cc(=O)[nH]c(=O)[nH]2)cc1. The van der Waals surface area contributed by atoms with Gasteiger partial charge in [-0.2, -0.15) is 0 Å². The number of rotatable bonds is 5. The Bertz CT molecular complexity index is 731. The van der Waals surface area contributed by atoms with Crippen molar-refractivity contribution in [3.63, 3.8) is 0 Å². The molecular formula is C16H19N3O3. The van der Waals surface area contributed by atoms with Gasteiger partial charge < -0.3 is 10.3 Å². The van der Waals surface area contributed by atoms with Crippen molar-refractivity contribution in [2.75, 3.05) is 0 Å². The summed E-state index contributed by atoms with van der Waals surface area (Å²) >= 11 is 0. The van der Waals surface area contributed by atoms with Gasteiger partial charge in [-0.15, -0.1) is 0 Å². The third kappa shape index (κ3) is 3.94. The Morgan fingerprint density at radius 3 is 2.45 bits per heavy atom. The summed E-state index contributed by atoms with van der Waals surface area (Å²) in [6, 6.07) is 9.15. The van der Waals surface area contributed by atoms with Crippen molar-refractivity contribution < 1.29 is 4.79 Å². The van der Waals surface area contributed by atoms with Crippen LogP contribution in [0.1, 0.15) is 36.6 Å². The van der Waals surface area contributed by atoms with Gasteiger partial charge in [0.25, 0.3) is 5.56 Å². The third-order valence-electron chi connectivity index (χ3n) is 3.55. The minimum Gasteiger partial charge on any atom is -0.350 e. The first-order valence-corrected chi connectivity index (χ1v) is 7.18. The van der Waals surface area contributed by atoms with E-state index in [-0.39, 0.29) is 18.4 Å². The Morgan fingerprint density at radius 1 is 1.18 bits per heavy atom. The highest BCUT2D eigenvalue weighted by Gasteiger charge is 2.14. The Hall–Kier alpha value is -2.63. The molecule has 116 valence electrons. The lowest BCUT2D eigenvalue weighted by Crippen LogP contribution is -2.30. The maximum Gasteiger partial charge on any atom is 0.325 e. The number of aromatic nitrogens is 2. The summed E-state index contributed by atoms with van der Waals surface area (Å²) in [6.45, 7) is 4.00. The van der Waals surface area contributed by atoms with E-state index in [0.29, 0.717) is 5.69 Å². The van der Waals surface area contributed by atoms with Crippen LogP contribution in [0.2, 0.25) is 0 Å². The number of aryl methyl sites for hydroxylation is 1. The standard InChI is InChI=1S/C16H19N3O3/c1-3-11-4-6-12(7-5-11)10(2)15(21)17-9-13-8-14(20)19-16(22)18-13/h4-8,10H,3,9H2,1-2H3,(H,17,21)(H2,18,19,20,22). The van der Waals surface area contributed by atoms with Crippen LogP contribution in [-0.4, -0.2) is 15.9 Å². The number of aromatic amines is 2. The van der Waals surface area contributed by atoms with Gasteiger partial charge in [0.1, 0.15) is 0 Å². The maximum atomic E-state index is 12.2. The molecule has 1 heterocycles. The van der Waals surface area contributed by atoms with Crippen LogP contribution in [-0.2, 0) is 17.8 Å². The minimum absolute atomic E-state index is 0.107. The second-order valence-corrected chi connectivity index (χ2v) is 5.15. The Kier molecular flexibility index (Phi) is 4.93. The molecule has 0 radical (unpaired) electrons. The fraction of sp³-hybridized carbons (Fsp3) is 0.312. The van der Waals surface area contributed by atoms with Gasteiger partial charge in [0.15, 0.2) is 0 Å². The highest BCUT2D eigenvalue weighted by molar-refractivity contribution is 5.83. The van der Waals surface area contributed by atoms with E-state index in [0.717, 1.165) is 12.0 Å². The first kappa shape index (κ1) is 15.8. The van der Waals surface area contributed by atoms with E-state index >= 15 is 0 Å². The van der Waals surface area contributed by atoms with Crippen LogP contribution in [0.4, 0.5) is 0 Å². The largest absolute Gasteiger partial charge is 0.350 e. The summed E-state index contributed by atoms with van der Waals surface area (Å²) < 4.78 is 0. The van der Waals surface area contributed by atoms with Crippen molar-refractivity contribution in [3.05, 3.63) is 68.0 Å². The fourth-order valence-corrected chi connectivity index (χ4v) is 2.14. The zero-order chi connectivity index (χ0) is 16.1. The van der Waals surface area contributed by atoms with Crippen LogP contribution in [0, 0.1) is 0 Å². The molecule has 1 unspecified atom stereocenters. The van der Waals surface area contributed by atoms with E-state index in [1.54, 1.807) is 0 Å². The van der Waals surface area contributed by atoms with Crippen LogP contribution in [0.3, 0.4) is 0 Å². The van der Waals surface area contributed by atoms with Crippen molar-refractivity contribution >= 4 is 5.91 Å². The molecule has 1 aromatic carbocycles. The van der Waals surface area contributed by atoms with E-state index in [2.05, 4.69) is 22.2 Å². The van der Waals surface area contributed by atoms with Crippen molar-refractivity contribution in [3.8, 4) is 0 Å². The van der Waals surface area contributed by atoms with E-state index in [1.165, 1.54) is 11.6 Å². The maximum absolute atomic E-state index is 12.2. The topological polar surface area (TPSA) is 94.8 Å². The number of nitrogens with one attached hydrogen (secondary N) is 3. The van der Waals surface area contributed by atoms with Crippen LogP contribution in [0.5, 0.6) is 0 Å². The predicted octanol–water partition coefficient (Wildman–Crippen LogP) is 1.05. The molecule has 0 spiro atoms. The summed E-state index contributed by atoms with van der Waals surface area (Å²) in [5.74, 6) is -0.468. The average molecular weight is 301 g/mol. The molecule has 2 rings (SSSR count). The zero-order valence-electron chi connectivity index (χ0n) is 12.6. The van der Waals surface area contributed by atoms with E-state index in [1.807, 2.05) is 31.2 Å². The smallest absolute Gasteiger partial charge is 0.325 e. The Labute approximate surface area is 127 Å². The van der Waals surface area contributed by atoms with Gasteiger partial charge in [-0.1, -0.05) is 31.2 Å². The van der Waals surface area contributed by atoms with Crippen molar-refractivity contribution in [2.24, 2.45) is 0 Å². The molecule has 0 bridgehead atoms. The second-order valence-electron chi connectivity index (χ2n) is 5.15. The van der Waals surface area contributed by atoms with Gasteiger partial charge in [0, 0.05) is 11.8 Å². The molecule has 0 saturated heterocycles. The Morgan fingerprint density at radius 2 is 1.86 bits per heavy atom. The third-order valence-corrected chi connectivity index (χ3v) is 3.55. The fourth-order valence-electron chi connectivity index (χ4n) is 2.14. The van der Waals surface area contributed by atoms with Gasteiger partial charge in [-0.3, -0.25) is 14.6 Å². The molecule has 3 N–H and O–H groups in total. The lowest BCUT2D eigenvalue weighted by molar-refractivity contribution is -0.122. The first-order chi connectivity index (χ1) is 10.5. The summed E-state index contributed by atoms with van der Waals surface area (Å²) in [5.41, 5.74) is 1.44. The number of carbonyl (C=O) groups is 1. The molecule has 2 aromatic rings. The average Bonchev–Trinajstić information content (AvgIpc) is 2.51. The number of hydrogen-bond acceptors (Lipinski definition) is 3. The number of carbonyl (C=O) groups excluding carboxylic acids is 1. The number of H-pyrrole nitrogens is 2. The molecule has 0 aliphatic heterocycles. The first-order valence-electron chi connectivity index (χ1n) is 7.18. The van der Waals surface area contributed by atoms with E-state index < -0.39 is 11.2 Å². The molecule has 6 nitrogen and oxygen atoms in total. The molecule has 0 fully saturated rings. The molecule has 1 aromatic heterocycles.